The molecule has 0 aliphatic carbocycles. The van der Waals surface area contributed by atoms with Crippen LogP contribution in [0.3, 0.4) is 0 Å². The molecule has 1 saturated heterocycles. The molecule has 0 bridgehead atoms. The predicted octanol–water partition coefficient (Wildman–Crippen LogP) is 2.27. The van der Waals surface area contributed by atoms with Crippen LogP contribution in [0.1, 0.15) is 19.4 Å². The van der Waals surface area contributed by atoms with E-state index in [0.717, 1.165) is 44.9 Å². The minimum atomic E-state index is -0.451. The molecule has 26 heavy (non-hydrogen) atoms. The molecule has 1 aromatic carbocycles. The molecule has 2 rings (SSSR count). The molecule has 0 amide bonds. The van der Waals surface area contributed by atoms with Gasteiger partial charge in [0, 0.05) is 50.9 Å². The summed E-state index contributed by atoms with van der Waals surface area (Å²) >= 11 is 0. The first-order chi connectivity index (χ1) is 12.0. The second kappa shape index (κ2) is 11.7. The van der Waals surface area contributed by atoms with Crippen LogP contribution in [-0.4, -0.2) is 68.1 Å². The molecule has 5 nitrogen and oxygen atoms in total. The van der Waals surface area contributed by atoms with Crippen LogP contribution in [0.15, 0.2) is 23.2 Å². The summed E-state index contributed by atoms with van der Waals surface area (Å²) in [6.45, 7) is 10.00. The summed E-state index contributed by atoms with van der Waals surface area (Å²) in [4.78, 5) is 9.15. The van der Waals surface area contributed by atoms with Crippen LogP contribution < -0.4 is 10.6 Å². The molecule has 0 saturated carbocycles. The highest BCUT2D eigenvalue weighted by Gasteiger charge is 2.19. The Balaban J connectivity index is 0.00000338. The molecule has 1 fully saturated rings. The Kier molecular flexibility index (Phi) is 10.3. The zero-order valence-corrected chi connectivity index (χ0v) is 18.1. The molecular formula is C18H30F2IN5. The van der Waals surface area contributed by atoms with E-state index in [0.29, 0.717) is 18.5 Å². The maximum Gasteiger partial charge on any atom is 0.191 e. The highest BCUT2D eigenvalue weighted by Crippen LogP contribution is 2.10. The lowest BCUT2D eigenvalue weighted by Crippen LogP contribution is -2.52. The van der Waals surface area contributed by atoms with Crippen LogP contribution in [0.25, 0.3) is 0 Å². The van der Waals surface area contributed by atoms with Gasteiger partial charge in [-0.1, -0.05) is 0 Å². The number of hydrogen-bond acceptors (Lipinski definition) is 3. The zero-order valence-electron chi connectivity index (χ0n) is 15.8. The third kappa shape index (κ3) is 7.32. The average Bonchev–Trinajstić information content (AvgIpc) is 2.60. The number of hydrogen-bond donors (Lipinski definition) is 2. The molecule has 2 N–H and O–H groups in total. The van der Waals surface area contributed by atoms with Crippen molar-refractivity contribution in [3.8, 4) is 0 Å². The van der Waals surface area contributed by atoms with Crippen molar-refractivity contribution in [3.05, 3.63) is 35.4 Å². The summed E-state index contributed by atoms with van der Waals surface area (Å²) in [5, 5.41) is 6.45. The zero-order chi connectivity index (χ0) is 18.2. The lowest BCUT2D eigenvalue weighted by Gasteiger charge is -2.36. The third-order valence-electron chi connectivity index (χ3n) is 4.49. The number of nitrogens with zero attached hydrogens (tertiary/aromatic N) is 3. The SMILES string of the molecule is CCNC(=NCc1cc(F)ccc1F)NCC(C)N1CCN(C)CC1.I. The molecule has 0 radical (unpaired) electrons. The van der Waals surface area contributed by atoms with Gasteiger partial charge >= 0.3 is 0 Å². The molecule has 1 aromatic rings. The topological polar surface area (TPSA) is 42.9 Å². The molecule has 1 aliphatic rings. The van der Waals surface area contributed by atoms with Crippen molar-refractivity contribution in [3.63, 3.8) is 0 Å². The van der Waals surface area contributed by atoms with Gasteiger partial charge in [0.05, 0.1) is 6.54 Å². The van der Waals surface area contributed by atoms with Gasteiger partial charge in [-0.15, -0.1) is 24.0 Å². The van der Waals surface area contributed by atoms with Gasteiger partial charge in [0.1, 0.15) is 11.6 Å². The van der Waals surface area contributed by atoms with E-state index in [1.54, 1.807) is 0 Å². The van der Waals surface area contributed by atoms with Crippen molar-refractivity contribution in [1.82, 2.24) is 20.4 Å². The van der Waals surface area contributed by atoms with Gasteiger partial charge in [0.25, 0.3) is 0 Å². The Hall–Kier alpha value is -1.00. The van der Waals surface area contributed by atoms with Crippen molar-refractivity contribution >= 4 is 29.9 Å². The van der Waals surface area contributed by atoms with Crippen LogP contribution in [0, 0.1) is 11.6 Å². The summed E-state index contributed by atoms with van der Waals surface area (Å²) in [7, 11) is 2.14. The first-order valence-electron chi connectivity index (χ1n) is 8.88. The van der Waals surface area contributed by atoms with Crippen molar-refractivity contribution in [2.24, 2.45) is 4.99 Å². The van der Waals surface area contributed by atoms with Crippen molar-refractivity contribution in [2.75, 3.05) is 46.3 Å². The molecule has 1 heterocycles. The minimum absolute atomic E-state index is 0. The number of halogens is 3. The van der Waals surface area contributed by atoms with Gasteiger partial charge in [0.2, 0.25) is 0 Å². The molecule has 1 aliphatic heterocycles. The van der Waals surface area contributed by atoms with Gasteiger partial charge in [0.15, 0.2) is 5.96 Å². The summed E-state index contributed by atoms with van der Waals surface area (Å²) < 4.78 is 27.0. The third-order valence-corrected chi connectivity index (χ3v) is 4.49. The predicted molar refractivity (Wildman–Crippen MR) is 113 cm³/mol. The molecular weight excluding hydrogens is 451 g/mol. The minimum Gasteiger partial charge on any atom is -0.357 e. The van der Waals surface area contributed by atoms with Crippen LogP contribution in [-0.2, 0) is 6.54 Å². The van der Waals surface area contributed by atoms with Crippen LogP contribution in [0.2, 0.25) is 0 Å². The molecule has 1 unspecified atom stereocenters. The second-order valence-corrected chi connectivity index (χ2v) is 6.50. The smallest absolute Gasteiger partial charge is 0.191 e. The molecule has 0 aromatic heterocycles. The molecule has 148 valence electrons. The average molecular weight is 481 g/mol. The summed E-state index contributed by atoms with van der Waals surface area (Å²) in [6, 6.07) is 3.82. The van der Waals surface area contributed by atoms with Crippen molar-refractivity contribution in [2.45, 2.75) is 26.4 Å². The first-order valence-corrected chi connectivity index (χ1v) is 8.88. The van der Waals surface area contributed by atoms with Gasteiger partial charge in [-0.05, 0) is 39.1 Å². The maximum absolute atomic E-state index is 13.7. The van der Waals surface area contributed by atoms with E-state index in [2.05, 4.69) is 39.4 Å². The van der Waals surface area contributed by atoms with E-state index < -0.39 is 11.6 Å². The van der Waals surface area contributed by atoms with E-state index in [1.807, 2.05) is 6.92 Å². The lowest BCUT2D eigenvalue weighted by molar-refractivity contribution is 0.120. The van der Waals surface area contributed by atoms with Gasteiger partial charge in [-0.2, -0.15) is 0 Å². The number of benzene rings is 1. The largest absolute Gasteiger partial charge is 0.357 e. The van der Waals surface area contributed by atoms with Crippen LogP contribution in [0.4, 0.5) is 8.78 Å². The van der Waals surface area contributed by atoms with Gasteiger partial charge < -0.3 is 15.5 Å². The fourth-order valence-corrected chi connectivity index (χ4v) is 2.81. The van der Waals surface area contributed by atoms with E-state index in [-0.39, 0.29) is 36.1 Å². The van der Waals surface area contributed by atoms with Crippen molar-refractivity contribution in [1.29, 1.82) is 0 Å². The highest BCUT2D eigenvalue weighted by molar-refractivity contribution is 14.0. The molecule has 1 atom stereocenters. The fourth-order valence-electron chi connectivity index (χ4n) is 2.81. The Bertz CT molecular complexity index is 577. The van der Waals surface area contributed by atoms with Crippen molar-refractivity contribution < 1.29 is 8.78 Å². The Morgan fingerprint density at radius 1 is 1.19 bits per heavy atom. The van der Waals surface area contributed by atoms with Crippen LogP contribution >= 0.6 is 24.0 Å². The molecule has 0 spiro atoms. The number of piperazine rings is 1. The maximum atomic E-state index is 13.7. The van der Waals surface area contributed by atoms with Gasteiger partial charge in [-0.3, -0.25) is 4.90 Å². The fraction of sp³-hybridized carbons (Fsp3) is 0.611. The Labute approximate surface area is 172 Å². The number of rotatable bonds is 6. The van der Waals surface area contributed by atoms with E-state index >= 15 is 0 Å². The normalized spacial score (nSPS) is 17.5. The number of likely N-dealkylation sites (N-methyl/N-ethyl adjacent to an activating group) is 1. The molecule has 8 heteroatoms. The van der Waals surface area contributed by atoms with E-state index in [1.165, 1.54) is 6.07 Å². The second-order valence-electron chi connectivity index (χ2n) is 6.50. The van der Waals surface area contributed by atoms with E-state index in [9.17, 15) is 8.78 Å². The van der Waals surface area contributed by atoms with Gasteiger partial charge in [-0.25, -0.2) is 13.8 Å². The number of aliphatic imine (C=N–C) groups is 1. The summed E-state index contributed by atoms with van der Waals surface area (Å²) in [5.74, 6) is -0.271. The number of guanidine groups is 1. The van der Waals surface area contributed by atoms with E-state index in [4.69, 9.17) is 0 Å². The quantitative estimate of drug-likeness (QED) is 0.372. The highest BCUT2D eigenvalue weighted by atomic mass is 127. The lowest BCUT2D eigenvalue weighted by atomic mass is 10.2. The first kappa shape index (κ1) is 23.0. The monoisotopic (exact) mass is 481 g/mol. The number of nitrogens with one attached hydrogen (secondary N) is 2. The Morgan fingerprint density at radius 3 is 2.54 bits per heavy atom. The van der Waals surface area contributed by atoms with Crippen LogP contribution in [0.5, 0.6) is 0 Å². The summed E-state index contributed by atoms with van der Waals surface area (Å²) in [5.41, 5.74) is 0.254. The Morgan fingerprint density at radius 2 is 1.88 bits per heavy atom. The standard InChI is InChI=1S/C18H29F2N5.HI/c1-4-21-18(23-13-15-11-16(19)5-6-17(15)20)22-12-14(2)25-9-7-24(3)8-10-25;/h5-6,11,14H,4,7-10,12-13H2,1-3H3,(H2,21,22,23);1H. The summed E-state index contributed by atoms with van der Waals surface area (Å²) in [6.07, 6.45) is 0.